The summed E-state index contributed by atoms with van der Waals surface area (Å²) in [4.78, 5) is 2.20. The maximum atomic E-state index is 10.6. The van der Waals surface area contributed by atoms with Gasteiger partial charge in [0.2, 0.25) is 0 Å². The Labute approximate surface area is 125 Å². The summed E-state index contributed by atoms with van der Waals surface area (Å²) in [6.45, 7) is 6.85. The summed E-state index contributed by atoms with van der Waals surface area (Å²) in [5, 5.41) is 10.6. The van der Waals surface area contributed by atoms with Gasteiger partial charge in [-0.15, -0.1) is 11.3 Å². The number of benzene rings is 1. The normalized spacial score (nSPS) is 14.5. The Morgan fingerprint density at radius 2 is 1.65 bits per heavy atom. The Bertz CT molecular complexity index is 544. The number of hydrogen-bond acceptors (Lipinski definition) is 3. The van der Waals surface area contributed by atoms with Crippen LogP contribution in [0.4, 0.5) is 0 Å². The third kappa shape index (κ3) is 3.29. The van der Waals surface area contributed by atoms with Crippen LogP contribution in [0.5, 0.6) is 0 Å². The topological polar surface area (TPSA) is 46.2 Å². The monoisotopic (exact) mass is 289 g/mol. The van der Waals surface area contributed by atoms with Gasteiger partial charge in [-0.25, -0.2) is 0 Å². The van der Waals surface area contributed by atoms with Crippen LogP contribution < -0.4 is 5.73 Å². The molecule has 2 unspecified atom stereocenters. The zero-order valence-corrected chi connectivity index (χ0v) is 13.2. The zero-order chi connectivity index (χ0) is 14.7. The highest BCUT2D eigenvalue weighted by Gasteiger charge is 2.22. The van der Waals surface area contributed by atoms with Crippen molar-refractivity contribution in [2.75, 3.05) is 6.54 Å². The molecule has 0 bridgehead atoms. The molecule has 1 aromatic carbocycles. The number of aliphatic hydroxyl groups excluding tert-OH is 1. The van der Waals surface area contributed by atoms with Crippen LogP contribution >= 0.6 is 11.3 Å². The molecule has 0 amide bonds. The summed E-state index contributed by atoms with van der Waals surface area (Å²) >= 11 is 1.64. The molecule has 2 rings (SSSR count). The van der Waals surface area contributed by atoms with Gasteiger partial charge in [0.25, 0.3) is 0 Å². The number of hydrogen-bond donors (Lipinski definition) is 2. The lowest BCUT2D eigenvalue weighted by Crippen LogP contribution is -2.19. The molecule has 2 atom stereocenters. The van der Waals surface area contributed by atoms with Crippen molar-refractivity contribution in [3.05, 3.63) is 57.3 Å². The molecule has 1 heterocycles. The van der Waals surface area contributed by atoms with Gasteiger partial charge in [0, 0.05) is 22.2 Å². The number of thiophene rings is 1. The second kappa shape index (κ2) is 6.53. The summed E-state index contributed by atoms with van der Waals surface area (Å²) in [7, 11) is 0. The average Bonchev–Trinajstić information content (AvgIpc) is 2.86. The molecule has 3 N–H and O–H groups in total. The third-order valence-corrected chi connectivity index (χ3v) is 4.79. The summed E-state index contributed by atoms with van der Waals surface area (Å²) in [5.41, 5.74) is 8.31. The molecule has 0 aliphatic heterocycles. The van der Waals surface area contributed by atoms with Crippen LogP contribution in [0.15, 0.2) is 36.4 Å². The Balaban J connectivity index is 2.23. The molecular weight excluding hydrogens is 266 g/mol. The summed E-state index contributed by atoms with van der Waals surface area (Å²) in [5.74, 6) is 0.472. The Kier molecular flexibility index (Phi) is 4.97. The van der Waals surface area contributed by atoms with Gasteiger partial charge in [-0.2, -0.15) is 0 Å². The summed E-state index contributed by atoms with van der Waals surface area (Å²) < 4.78 is 0. The first-order valence-electron chi connectivity index (χ1n) is 7.07. The van der Waals surface area contributed by atoms with E-state index in [1.54, 1.807) is 11.3 Å². The zero-order valence-electron chi connectivity index (χ0n) is 12.3. The maximum absolute atomic E-state index is 10.6. The lowest BCUT2D eigenvalue weighted by atomic mass is 9.90. The molecule has 2 nitrogen and oxygen atoms in total. The molecule has 0 fully saturated rings. The molecule has 0 saturated carbocycles. The van der Waals surface area contributed by atoms with E-state index < -0.39 is 6.10 Å². The lowest BCUT2D eigenvalue weighted by Gasteiger charge is -2.21. The van der Waals surface area contributed by atoms with Crippen LogP contribution in [0.2, 0.25) is 0 Å². The van der Waals surface area contributed by atoms with Gasteiger partial charge < -0.3 is 10.8 Å². The number of aliphatic hydroxyl groups is 1. The van der Waals surface area contributed by atoms with Crippen molar-refractivity contribution in [1.29, 1.82) is 0 Å². The van der Waals surface area contributed by atoms with Gasteiger partial charge in [0.15, 0.2) is 0 Å². The van der Waals surface area contributed by atoms with E-state index in [-0.39, 0.29) is 5.92 Å². The Hall–Kier alpha value is -1.16. The first-order chi connectivity index (χ1) is 9.52. The van der Waals surface area contributed by atoms with Crippen LogP contribution in [0.25, 0.3) is 0 Å². The van der Waals surface area contributed by atoms with E-state index in [0.29, 0.717) is 12.5 Å². The lowest BCUT2D eigenvalue weighted by molar-refractivity contribution is 0.151. The molecule has 0 aliphatic carbocycles. The van der Waals surface area contributed by atoms with E-state index in [9.17, 15) is 5.11 Å². The summed E-state index contributed by atoms with van der Waals surface area (Å²) in [6, 6.07) is 12.5. The first-order valence-corrected chi connectivity index (χ1v) is 7.89. The smallest absolute Gasteiger partial charge is 0.0962 e. The van der Waals surface area contributed by atoms with E-state index in [1.165, 1.54) is 10.4 Å². The molecule has 3 heteroatoms. The highest BCUT2D eigenvalue weighted by Crippen LogP contribution is 2.34. The quantitative estimate of drug-likeness (QED) is 0.875. The number of nitrogens with two attached hydrogens (primary N) is 1. The maximum Gasteiger partial charge on any atom is 0.0962 e. The highest BCUT2D eigenvalue weighted by molar-refractivity contribution is 7.12. The van der Waals surface area contributed by atoms with Gasteiger partial charge >= 0.3 is 0 Å². The van der Waals surface area contributed by atoms with Crippen LogP contribution in [0, 0.1) is 6.92 Å². The van der Waals surface area contributed by atoms with E-state index >= 15 is 0 Å². The molecule has 20 heavy (non-hydrogen) atoms. The molecule has 0 aliphatic rings. The molecule has 0 saturated heterocycles. The third-order valence-electron chi connectivity index (χ3n) is 3.72. The van der Waals surface area contributed by atoms with Gasteiger partial charge in [-0.3, -0.25) is 0 Å². The first kappa shape index (κ1) is 15.2. The largest absolute Gasteiger partial charge is 0.387 e. The molecule has 0 radical (unpaired) electrons. The van der Waals surface area contributed by atoms with Crippen molar-refractivity contribution in [2.24, 2.45) is 5.73 Å². The van der Waals surface area contributed by atoms with E-state index in [1.807, 2.05) is 12.1 Å². The Morgan fingerprint density at radius 1 is 1.05 bits per heavy atom. The number of aryl methyl sites for hydroxylation is 1. The van der Waals surface area contributed by atoms with Crippen LogP contribution in [-0.2, 0) is 0 Å². The van der Waals surface area contributed by atoms with Crippen molar-refractivity contribution in [1.82, 2.24) is 0 Å². The number of rotatable bonds is 5. The fraction of sp³-hybridized carbons (Fsp3) is 0.412. The minimum Gasteiger partial charge on any atom is -0.387 e. The van der Waals surface area contributed by atoms with Crippen LogP contribution in [0.1, 0.15) is 52.7 Å². The van der Waals surface area contributed by atoms with E-state index in [4.69, 9.17) is 5.73 Å². The molecular formula is C17H23NOS. The second-order valence-corrected chi connectivity index (χ2v) is 6.88. The van der Waals surface area contributed by atoms with Crippen molar-refractivity contribution in [2.45, 2.75) is 38.7 Å². The second-order valence-electron chi connectivity index (χ2n) is 5.56. The van der Waals surface area contributed by atoms with Gasteiger partial charge in [0.05, 0.1) is 6.10 Å². The van der Waals surface area contributed by atoms with Crippen molar-refractivity contribution < 1.29 is 5.11 Å². The fourth-order valence-corrected chi connectivity index (χ4v) is 3.32. The van der Waals surface area contributed by atoms with E-state index in [0.717, 1.165) is 10.4 Å². The minimum atomic E-state index is -0.524. The predicted octanol–water partition coefficient (Wildman–Crippen LogP) is 3.96. The standard InChI is InChI=1S/C17H23NOS/c1-11(2)13-5-7-14(8-6-13)15(10-18)17(19)16-9-4-12(3)20-16/h4-9,11,15,17,19H,10,18H2,1-3H3. The van der Waals surface area contributed by atoms with E-state index in [2.05, 4.69) is 45.0 Å². The van der Waals surface area contributed by atoms with Crippen molar-refractivity contribution in [3.8, 4) is 0 Å². The van der Waals surface area contributed by atoms with Crippen molar-refractivity contribution in [3.63, 3.8) is 0 Å². The molecule has 1 aromatic heterocycles. The Morgan fingerprint density at radius 3 is 2.10 bits per heavy atom. The highest BCUT2D eigenvalue weighted by atomic mass is 32.1. The van der Waals surface area contributed by atoms with Crippen LogP contribution in [-0.4, -0.2) is 11.7 Å². The van der Waals surface area contributed by atoms with Gasteiger partial charge in [-0.1, -0.05) is 38.1 Å². The summed E-state index contributed by atoms with van der Waals surface area (Å²) in [6.07, 6.45) is -0.524. The molecule has 2 aromatic rings. The molecule has 108 valence electrons. The predicted molar refractivity (Wildman–Crippen MR) is 86.3 cm³/mol. The SMILES string of the molecule is Cc1ccc(C(O)C(CN)c2ccc(C(C)C)cc2)s1. The molecule has 0 spiro atoms. The fourth-order valence-electron chi connectivity index (χ4n) is 2.39. The average molecular weight is 289 g/mol. The van der Waals surface area contributed by atoms with Gasteiger partial charge in [-0.05, 0) is 36.1 Å². The minimum absolute atomic E-state index is 0.0470. The van der Waals surface area contributed by atoms with Gasteiger partial charge in [0.1, 0.15) is 0 Å². The van der Waals surface area contributed by atoms with Crippen LogP contribution in [0.3, 0.4) is 0 Å². The van der Waals surface area contributed by atoms with Crippen molar-refractivity contribution >= 4 is 11.3 Å².